The summed E-state index contributed by atoms with van der Waals surface area (Å²) in [6.07, 6.45) is 2.64. The summed E-state index contributed by atoms with van der Waals surface area (Å²) in [5.41, 5.74) is 1.21. The van der Waals surface area contributed by atoms with E-state index in [2.05, 4.69) is 41.0 Å². The SMILES string of the molecule is COC(=O)c1cc(NC(C)CCN(C)C)ccn1. The van der Waals surface area contributed by atoms with E-state index in [0.717, 1.165) is 18.7 Å². The Bertz CT molecular complexity index is 394. The van der Waals surface area contributed by atoms with Crippen molar-refractivity contribution in [3.8, 4) is 0 Å². The molecular weight excluding hydrogens is 230 g/mol. The van der Waals surface area contributed by atoms with Crippen LogP contribution in [0.4, 0.5) is 5.69 Å². The van der Waals surface area contributed by atoms with Crippen LogP contribution in [0.25, 0.3) is 0 Å². The number of ether oxygens (including phenoxy) is 1. The lowest BCUT2D eigenvalue weighted by atomic mass is 10.2. The van der Waals surface area contributed by atoms with E-state index >= 15 is 0 Å². The molecule has 5 nitrogen and oxygen atoms in total. The van der Waals surface area contributed by atoms with E-state index in [0.29, 0.717) is 11.7 Å². The molecule has 0 aliphatic carbocycles. The summed E-state index contributed by atoms with van der Waals surface area (Å²) in [5.74, 6) is -0.417. The number of aromatic nitrogens is 1. The predicted molar refractivity (Wildman–Crippen MR) is 71.8 cm³/mol. The smallest absolute Gasteiger partial charge is 0.356 e. The minimum absolute atomic E-state index is 0.322. The quantitative estimate of drug-likeness (QED) is 0.779. The molecule has 0 aliphatic rings. The van der Waals surface area contributed by atoms with Crippen molar-refractivity contribution in [2.75, 3.05) is 33.1 Å². The van der Waals surface area contributed by atoms with Gasteiger partial charge < -0.3 is 15.0 Å². The summed E-state index contributed by atoms with van der Waals surface area (Å²) in [6, 6.07) is 3.89. The molecule has 1 atom stereocenters. The maximum absolute atomic E-state index is 11.3. The van der Waals surface area contributed by atoms with Crippen molar-refractivity contribution >= 4 is 11.7 Å². The Kier molecular flexibility index (Phi) is 5.58. The molecule has 1 N–H and O–H groups in total. The van der Waals surface area contributed by atoms with E-state index in [1.54, 1.807) is 12.3 Å². The van der Waals surface area contributed by atoms with Gasteiger partial charge in [0.15, 0.2) is 0 Å². The average Bonchev–Trinajstić information content (AvgIpc) is 2.35. The highest BCUT2D eigenvalue weighted by Gasteiger charge is 2.09. The van der Waals surface area contributed by atoms with Crippen molar-refractivity contribution in [1.29, 1.82) is 0 Å². The Morgan fingerprint density at radius 2 is 2.28 bits per heavy atom. The molecule has 0 amide bonds. The van der Waals surface area contributed by atoms with Gasteiger partial charge in [-0.25, -0.2) is 9.78 Å². The minimum atomic E-state index is -0.417. The third-order valence-electron chi connectivity index (χ3n) is 2.58. The molecule has 100 valence electrons. The molecule has 1 rings (SSSR count). The van der Waals surface area contributed by atoms with Gasteiger partial charge in [-0.15, -0.1) is 0 Å². The monoisotopic (exact) mass is 251 g/mol. The van der Waals surface area contributed by atoms with Gasteiger partial charge in [-0.2, -0.15) is 0 Å². The highest BCUT2D eigenvalue weighted by Crippen LogP contribution is 2.11. The number of pyridine rings is 1. The lowest BCUT2D eigenvalue weighted by molar-refractivity contribution is 0.0594. The van der Waals surface area contributed by atoms with Gasteiger partial charge in [0.1, 0.15) is 5.69 Å². The topological polar surface area (TPSA) is 54.5 Å². The molecule has 1 heterocycles. The third kappa shape index (κ3) is 4.71. The Morgan fingerprint density at radius 3 is 2.89 bits per heavy atom. The van der Waals surface area contributed by atoms with Crippen LogP contribution in [0.3, 0.4) is 0 Å². The van der Waals surface area contributed by atoms with Crippen LogP contribution in [0.2, 0.25) is 0 Å². The maximum Gasteiger partial charge on any atom is 0.356 e. The normalized spacial score (nSPS) is 12.3. The number of carbonyl (C=O) groups is 1. The van der Waals surface area contributed by atoms with Crippen LogP contribution in [0, 0.1) is 0 Å². The number of esters is 1. The number of methoxy groups -OCH3 is 1. The molecule has 1 unspecified atom stereocenters. The van der Waals surface area contributed by atoms with E-state index in [1.807, 2.05) is 6.07 Å². The molecule has 1 aromatic heterocycles. The lowest BCUT2D eigenvalue weighted by Crippen LogP contribution is -2.23. The number of nitrogens with one attached hydrogen (secondary N) is 1. The highest BCUT2D eigenvalue weighted by molar-refractivity contribution is 5.88. The molecular formula is C13H21N3O2. The van der Waals surface area contributed by atoms with E-state index < -0.39 is 5.97 Å². The van der Waals surface area contributed by atoms with Gasteiger partial charge in [0.2, 0.25) is 0 Å². The van der Waals surface area contributed by atoms with Crippen molar-refractivity contribution in [3.05, 3.63) is 24.0 Å². The molecule has 0 bridgehead atoms. The van der Waals surface area contributed by atoms with Crippen LogP contribution in [0.5, 0.6) is 0 Å². The summed E-state index contributed by atoms with van der Waals surface area (Å²) >= 11 is 0. The molecule has 0 fully saturated rings. The number of hydrogen-bond acceptors (Lipinski definition) is 5. The molecule has 0 aromatic carbocycles. The maximum atomic E-state index is 11.3. The van der Waals surface area contributed by atoms with Gasteiger partial charge in [-0.05, 0) is 46.1 Å². The van der Waals surface area contributed by atoms with Crippen molar-refractivity contribution in [1.82, 2.24) is 9.88 Å². The second-order valence-corrected chi connectivity index (χ2v) is 4.56. The molecule has 0 saturated carbocycles. The Labute approximate surface area is 108 Å². The fraction of sp³-hybridized carbons (Fsp3) is 0.538. The van der Waals surface area contributed by atoms with Gasteiger partial charge in [0.25, 0.3) is 0 Å². The Hall–Kier alpha value is -1.62. The first-order valence-electron chi connectivity index (χ1n) is 5.98. The third-order valence-corrected chi connectivity index (χ3v) is 2.58. The van der Waals surface area contributed by atoms with E-state index in [9.17, 15) is 4.79 Å². The van der Waals surface area contributed by atoms with Crippen LogP contribution in [-0.4, -0.2) is 49.6 Å². The van der Waals surface area contributed by atoms with Gasteiger partial charge in [0.05, 0.1) is 7.11 Å². The number of rotatable bonds is 6. The highest BCUT2D eigenvalue weighted by atomic mass is 16.5. The summed E-state index contributed by atoms with van der Waals surface area (Å²) in [6.45, 7) is 3.13. The first-order valence-corrected chi connectivity index (χ1v) is 5.98. The zero-order valence-electron chi connectivity index (χ0n) is 11.4. The molecule has 5 heteroatoms. The van der Waals surface area contributed by atoms with Gasteiger partial charge in [0, 0.05) is 17.9 Å². The average molecular weight is 251 g/mol. The van der Waals surface area contributed by atoms with Crippen LogP contribution in [0.15, 0.2) is 18.3 Å². The first kappa shape index (κ1) is 14.4. The Balaban J connectivity index is 2.59. The van der Waals surface area contributed by atoms with Crippen LogP contribution in [0.1, 0.15) is 23.8 Å². The molecule has 0 radical (unpaired) electrons. The zero-order valence-corrected chi connectivity index (χ0v) is 11.4. The zero-order chi connectivity index (χ0) is 13.5. The molecule has 18 heavy (non-hydrogen) atoms. The van der Waals surface area contributed by atoms with Gasteiger partial charge in [-0.3, -0.25) is 0 Å². The van der Waals surface area contributed by atoms with Gasteiger partial charge in [-0.1, -0.05) is 0 Å². The summed E-state index contributed by atoms with van der Waals surface area (Å²) < 4.78 is 4.64. The van der Waals surface area contributed by atoms with Crippen molar-refractivity contribution < 1.29 is 9.53 Å². The first-order chi connectivity index (χ1) is 8.52. The molecule has 0 aliphatic heterocycles. The van der Waals surface area contributed by atoms with Crippen molar-refractivity contribution in [2.24, 2.45) is 0 Å². The van der Waals surface area contributed by atoms with Gasteiger partial charge >= 0.3 is 5.97 Å². The Morgan fingerprint density at radius 1 is 1.56 bits per heavy atom. The standard InChI is InChI=1S/C13H21N3O2/c1-10(6-8-16(2)3)15-11-5-7-14-12(9-11)13(17)18-4/h5,7,9-10H,6,8H2,1-4H3,(H,14,15). The number of nitrogens with zero attached hydrogens (tertiary/aromatic N) is 2. The fourth-order valence-electron chi connectivity index (χ4n) is 1.55. The van der Waals surface area contributed by atoms with Crippen LogP contribution in [-0.2, 0) is 4.74 Å². The van der Waals surface area contributed by atoms with E-state index in [1.165, 1.54) is 7.11 Å². The van der Waals surface area contributed by atoms with Crippen LogP contribution < -0.4 is 5.32 Å². The lowest BCUT2D eigenvalue weighted by Gasteiger charge is -2.17. The molecule has 0 saturated heterocycles. The molecule has 1 aromatic rings. The van der Waals surface area contributed by atoms with Crippen molar-refractivity contribution in [2.45, 2.75) is 19.4 Å². The second kappa shape index (κ2) is 6.96. The summed E-state index contributed by atoms with van der Waals surface area (Å²) in [5, 5.41) is 3.34. The number of carbonyl (C=O) groups excluding carboxylic acids is 1. The summed E-state index contributed by atoms with van der Waals surface area (Å²) in [4.78, 5) is 17.5. The van der Waals surface area contributed by atoms with E-state index in [-0.39, 0.29) is 0 Å². The summed E-state index contributed by atoms with van der Waals surface area (Å²) in [7, 11) is 5.45. The van der Waals surface area contributed by atoms with E-state index in [4.69, 9.17) is 0 Å². The number of anilines is 1. The molecule has 0 spiro atoms. The minimum Gasteiger partial charge on any atom is -0.464 e. The predicted octanol–water partition coefficient (Wildman–Crippen LogP) is 1.62. The largest absolute Gasteiger partial charge is 0.464 e. The number of hydrogen-bond donors (Lipinski definition) is 1. The fourth-order valence-corrected chi connectivity index (χ4v) is 1.55. The second-order valence-electron chi connectivity index (χ2n) is 4.56. The van der Waals surface area contributed by atoms with Crippen molar-refractivity contribution in [3.63, 3.8) is 0 Å². The van der Waals surface area contributed by atoms with Crippen LogP contribution >= 0.6 is 0 Å².